The van der Waals surface area contributed by atoms with Crippen LogP contribution >= 0.6 is 0 Å². The highest BCUT2D eigenvalue weighted by atomic mass is 32.2. The van der Waals surface area contributed by atoms with Gasteiger partial charge in [0.1, 0.15) is 12.7 Å². The van der Waals surface area contributed by atoms with Crippen LogP contribution in [0, 0.1) is 6.92 Å². The van der Waals surface area contributed by atoms with Crippen molar-refractivity contribution in [2.75, 3.05) is 18.4 Å². The molecule has 0 unspecified atom stereocenters. The van der Waals surface area contributed by atoms with Crippen molar-refractivity contribution in [2.45, 2.75) is 25.7 Å². The summed E-state index contributed by atoms with van der Waals surface area (Å²) in [5.74, 6) is 0.151. The number of hydrogen-bond donors (Lipinski definition) is 1. The lowest BCUT2D eigenvalue weighted by atomic mass is 10.1. The second-order valence-corrected chi connectivity index (χ2v) is 8.20. The van der Waals surface area contributed by atoms with Crippen LogP contribution in [0.15, 0.2) is 54.1 Å². The molecular weight excluding hydrogens is 392 g/mol. The number of carbonyl (C=O) groups excluding carboxylic acids is 1. The molecule has 0 saturated heterocycles. The Kier molecular flexibility index (Phi) is 6.04. The van der Waals surface area contributed by atoms with Gasteiger partial charge in [0, 0.05) is 18.7 Å². The first-order valence-corrected chi connectivity index (χ1v) is 10.5. The van der Waals surface area contributed by atoms with Crippen LogP contribution in [0.4, 0.5) is 5.69 Å². The number of sulfonamides is 1. The van der Waals surface area contributed by atoms with E-state index >= 15 is 0 Å². The summed E-state index contributed by atoms with van der Waals surface area (Å²) in [6.45, 7) is 6.03. The van der Waals surface area contributed by atoms with E-state index in [2.05, 4.69) is 20.4 Å². The van der Waals surface area contributed by atoms with Crippen LogP contribution in [-0.4, -0.2) is 51.5 Å². The minimum absolute atomic E-state index is 0.0941. The van der Waals surface area contributed by atoms with Gasteiger partial charge >= 0.3 is 0 Å². The second-order valence-electron chi connectivity index (χ2n) is 6.27. The van der Waals surface area contributed by atoms with Gasteiger partial charge in [0.15, 0.2) is 5.82 Å². The number of carbonyl (C=O) groups is 1. The average Bonchev–Trinajstić information content (AvgIpc) is 3.24. The Labute approximate surface area is 169 Å². The van der Waals surface area contributed by atoms with E-state index in [0.717, 1.165) is 0 Å². The lowest BCUT2D eigenvalue weighted by Gasteiger charge is -2.19. The number of nitrogens with one attached hydrogen (secondary N) is 1. The number of benzene rings is 1. The molecule has 0 aliphatic heterocycles. The Bertz CT molecular complexity index is 1090. The molecular formula is C19H22N6O3S. The van der Waals surface area contributed by atoms with Crippen molar-refractivity contribution in [3.8, 4) is 5.82 Å². The first kappa shape index (κ1) is 20.6. The van der Waals surface area contributed by atoms with Gasteiger partial charge in [-0.1, -0.05) is 19.9 Å². The molecule has 10 heteroatoms. The summed E-state index contributed by atoms with van der Waals surface area (Å²) >= 11 is 0. The van der Waals surface area contributed by atoms with Crippen molar-refractivity contribution in [3.63, 3.8) is 0 Å². The third-order valence-corrected chi connectivity index (χ3v) is 6.50. The van der Waals surface area contributed by atoms with Crippen LogP contribution in [-0.2, 0) is 10.0 Å². The second kappa shape index (κ2) is 8.50. The number of hydrogen-bond acceptors (Lipinski definition) is 6. The van der Waals surface area contributed by atoms with E-state index in [1.54, 1.807) is 39.0 Å². The Morgan fingerprint density at radius 2 is 1.93 bits per heavy atom. The Balaban J connectivity index is 1.84. The molecule has 152 valence electrons. The molecule has 3 aromatic rings. The molecule has 0 spiro atoms. The monoisotopic (exact) mass is 414 g/mol. The Morgan fingerprint density at radius 1 is 1.17 bits per heavy atom. The van der Waals surface area contributed by atoms with Crippen molar-refractivity contribution in [1.82, 2.24) is 24.1 Å². The summed E-state index contributed by atoms with van der Waals surface area (Å²) < 4.78 is 28.4. The number of anilines is 1. The standard InChI is InChI=1S/C19H22N6O3S/c1-4-24(5-2)29(27,28)16-8-6-14(3)17(10-16)19(26)23-15-7-9-18(21-11-15)25-13-20-12-22-25/h6-13H,4-5H2,1-3H3,(H,23,26). The fourth-order valence-corrected chi connectivity index (χ4v) is 4.32. The van der Waals surface area contributed by atoms with E-state index in [-0.39, 0.29) is 4.90 Å². The molecule has 0 aliphatic carbocycles. The van der Waals surface area contributed by atoms with Gasteiger partial charge in [-0.05, 0) is 36.8 Å². The smallest absolute Gasteiger partial charge is 0.256 e. The first-order valence-electron chi connectivity index (χ1n) is 9.10. The molecule has 1 N–H and O–H groups in total. The van der Waals surface area contributed by atoms with Crippen LogP contribution in [0.2, 0.25) is 0 Å². The minimum atomic E-state index is -3.65. The zero-order valence-corrected chi connectivity index (χ0v) is 17.2. The number of aromatic nitrogens is 4. The number of aryl methyl sites for hydroxylation is 1. The minimum Gasteiger partial charge on any atom is -0.321 e. The van der Waals surface area contributed by atoms with Crippen LogP contribution in [0.5, 0.6) is 0 Å². The largest absolute Gasteiger partial charge is 0.321 e. The zero-order chi connectivity index (χ0) is 21.0. The van der Waals surface area contributed by atoms with Gasteiger partial charge in [0.25, 0.3) is 5.91 Å². The fraction of sp³-hybridized carbons (Fsp3) is 0.263. The maximum Gasteiger partial charge on any atom is 0.256 e. The van der Waals surface area contributed by atoms with Gasteiger partial charge in [0.2, 0.25) is 10.0 Å². The molecule has 0 atom stereocenters. The van der Waals surface area contributed by atoms with E-state index in [1.807, 2.05) is 0 Å². The molecule has 29 heavy (non-hydrogen) atoms. The van der Waals surface area contributed by atoms with Crippen molar-refractivity contribution >= 4 is 21.6 Å². The predicted molar refractivity (Wildman–Crippen MR) is 108 cm³/mol. The van der Waals surface area contributed by atoms with Crippen molar-refractivity contribution < 1.29 is 13.2 Å². The molecule has 0 fully saturated rings. The summed E-state index contributed by atoms with van der Waals surface area (Å²) in [6.07, 6.45) is 4.42. The molecule has 3 rings (SSSR count). The molecule has 1 aromatic carbocycles. The van der Waals surface area contributed by atoms with Gasteiger partial charge in [-0.25, -0.2) is 23.1 Å². The molecule has 0 saturated carbocycles. The van der Waals surface area contributed by atoms with E-state index in [1.165, 1.54) is 40.0 Å². The topological polar surface area (TPSA) is 110 Å². The average molecular weight is 414 g/mol. The Hall–Kier alpha value is -3.11. The summed E-state index contributed by atoms with van der Waals surface area (Å²) in [5.41, 5.74) is 1.45. The quantitative estimate of drug-likeness (QED) is 0.635. The van der Waals surface area contributed by atoms with Crippen LogP contribution in [0.25, 0.3) is 5.82 Å². The van der Waals surface area contributed by atoms with Crippen LogP contribution < -0.4 is 5.32 Å². The summed E-state index contributed by atoms with van der Waals surface area (Å²) in [4.78, 5) is 21.0. The first-order chi connectivity index (χ1) is 13.9. The van der Waals surface area contributed by atoms with Gasteiger partial charge in [-0.15, -0.1) is 0 Å². The lowest BCUT2D eigenvalue weighted by Crippen LogP contribution is -2.30. The van der Waals surface area contributed by atoms with Crippen molar-refractivity contribution in [1.29, 1.82) is 0 Å². The highest BCUT2D eigenvalue weighted by Gasteiger charge is 2.23. The number of amides is 1. The number of rotatable bonds is 7. The maximum absolute atomic E-state index is 12.8. The SMILES string of the molecule is CCN(CC)S(=O)(=O)c1ccc(C)c(C(=O)Nc2ccc(-n3cncn3)nc2)c1. The summed E-state index contributed by atoms with van der Waals surface area (Å²) in [5, 5.41) is 6.74. The molecule has 2 aromatic heterocycles. The van der Waals surface area contributed by atoms with Gasteiger partial charge < -0.3 is 5.32 Å². The van der Waals surface area contributed by atoms with Crippen molar-refractivity contribution in [2.24, 2.45) is 0 Å². The molecule has 0 bridgehead atoms. The van der Waals surface area contributed by atoms with Crippen molar-refractivity contribution in [3.05, 3.63) is 60.3 Å². The summed E-state index contributed by atoms with van der Waals surface area (Å²) in [6, 6.07) is 7.95. The molecule has 0 radical (unpaired) electrons. The van der Waals surface area contributed by atoms with Crippen LogP contribution in [0.1, 0.15) is 29.8 Å². The van der Waals surface area contributed by atoms with Gasteiger partial charge in [-0.2, -0.15) is 9.40 Å². The fourth-order valence-electron chi connectivity index (χ4n) is 2.84. The third-order valence-electron chi connectivity index (χ3n) is 4.46. The van der Waals surface area contributed by atoms with Gasteiger partial charge in [0.05, 0.1) is 16.8 Å². The maximum atomic E-state index is 12.8. The van der Waals surface area contributed by atoms with Gasteiger partial charge in [-0.3, -0.25) is 4.79 Å². The number of nitrogens with zero attached hydrogens (tertiary/aromatic N) is 5. The normalized spacial score (nSPS) is 11.6. The number of pyridine rings is 1. The molecule has 0 aliphatic rings. The molecule has 9 nitrogen and oxygen atoms in total. The van der Waals surface area contributed by atoms with E-state index in [9.17, 15) is 13.2 Å². The van der Waals surface area contributed by atoms with E-state index in [0.29, 0.717) is 35.7 Å². The van der Waals surface area contributed by atoms with Crippen LogP contribution in [0.3, 0.4) is 0 Å². The van der Waals surface area contributed by atoms with E-state index in [4.69, 9.17) is 0 Å². The molecule has 1 amide bonds. The summed E-state index contributed by atoms with van der Waals surface area (Å²) in [7, 11) is -3.65. The Morgan fingerprint density at radius 3 is 2.52 bits per heavy atom. The highest BCUT2D eigenvalue weighted by molar-refractivity contribution is 7.89. The van der Waals surface area contributed by atoms with E-state index < -0.39 is 15.9 Å². The highest BCUT2D eigenvalue weighted by Crippen LogP contribution is 2.21. The third kappa shape index (κ3) is 4.33. The zero-order valence-electron chi connectivity index (χ0n) is 16.4. The molecule has 2 heterocycles. The predicted octanol–water partition coefficient (Wildman–Crippen LogP) is 2.25. The lowest BCUT2D eigenvalue weighted by molar-refractivity contribution is 0.102.